The Balaban J connectivity index is 1.70. The van der Waals surface area contributed by atoms with Crippen molar-refractivity contribution in [1.29, 1.82) is 0 Å². The van der Waals surface area contributed by atoms with Gasteiger partial charge in [0.05, 0.1) is 0 Å². The highest BCUT2D eigenvalue weighted by atomic mass is 16.3. The lowest BCUT2D eigenvalue weighted by molar-refractivity contribution is 0.189. The molecule has 1 saturated heterocycles. The molecule has 0 saturated carbocycles. The summed E-state index contributed by atoms with van der Waals surface area (Å²) < 4.78 is 0. The summed E-state index contributed by atoms with van der Waals surface area (Å²) in [6.07, 6.45) is 1.42. The van der Waals surface area contributed by atoms with E-state index >= 15 is 0 Å². The third-order valence-electron chi connectivity index (χ3n) is 4.92. The van der Waals surface area contributed by atoms with Gasteiger partial charge < -0.3 is 20.6 Å². The summed E-state index contributed by atoms with van der Waals surface area (Å²) in [4.78, 5) is 16.8. The number of aliphatic hydroxyl groups is 1. The molecule has 3 N–H and O–H groups in total. The highest BCUT2D eigenvalue weighted by Gasteiger charge is 2.21. The van der Waals surface area contributed by atoms with Crippen molar-refractivity contribution in [3.05, 3.63) is 30.3 Å². The average Bonchev–Trinajstić information content (AvgIpc) is 2.66. The Morgan fingerprint density at radius 1 is 1.20 bits per heavy atom. The summed E-state index contributed by atoms with van der Waals surface area (Å²) in [6.45, 7) is 8.92. The number of urea groups is 1. The van der Waals surface area contributed by atoms with Crippen molar-refractivity contribution in [2.24, 2.45) is 0 Å². The number of amides is 2. The smallest absolute Gasteiger partial charge is 0.315 e. The fraction of sp³-hybridized carbons (Fsp3) is 0.632. The fourth-order valence-electron chi connectivity index (χ4n) is 3.20. The Kier molecular flexibility index (Phi) is 8.01. The van der Waals surface area contributed by atoms with Crippen molar-refractivity contribution in [3.63, 3.8) is 0 Å². The molecule has 0 aromatic heterocycles. The zero-order valence-corrected chi connectivity index (χ0v) is 15.4. The Labute approximate surface area is 151 Å². The van der Waals surface area contributed by atoms with Crippen LogP contribution in [0.1, 0.15) is 26.7 Å². The second-order valence-electron chi connectivity index (χ2n) is 6.68. The van der Waals surface area contributed by atoms with Gasteiger partial charge in [-0.05, 0) is 31.9 Å². The molecular formula is C19H32N4O2. The number of nitrogens with zero attached hydrogens (tertiary/aromatic N) is 2. The molecule has 2 rings (SSSR count). The van der Waals surface area contributed by atoms with Crippen LogP contribution >= 0.6 is 0 Å². The molecule has 1 heterocycles. The standard InChI is InChI=1S/C19H32N4O2/c1-3-17(9-14-24)21-19(25)20-15-16(2)22-10-12-23(13-11-22)18-7-5-4-6-8-18/h4-8,16-17,24H,3,9-15H2,1-2H3,(H2,20,21,25). The van der Waals surface area contributed by atoms with Crippen molar-refractivity contribution in [2.45, 2.75) is 38.8 Å². The molecule has 25 heavy (non-hydrogen) atoms. The number of hydrogen-bond donors (Lipinski definition) is 3. The minimum absolute atomic E-state index is 0.0368. The lowest BCUT2D eigenvalue weighted by Crippen LogP contribution is -2.53. The van der Waals surface area contributed by atoms with Gasteiger partial charge in [0.2, 0.25) is 0 Å². The number of carbonyl (C=O) groups excluding carboxylic acids is 1. The Hall–Kier alpha value is -1.79. The normalized spacial score (nSPS) is 17.8. The molecule has 0 bridgehead atoms. The molecule has 1 aliphatic rings. The second-order valence-corrected chi connectivity index (χ2v) is 6.68. The molecule has 1 aliphatic heterocycles. The summed E-state index contributed by atoms with van der Waals surface area (Å²) >= 11 is 0. The first-order chi connectivity index (χ1) is 12.1. The van der Waals surface area contributed by atoms with Gasteiger partial charge in [0.1, 0.15) is 0 Å². The van der Waals surface area contributed by atoms with Crippen LogP contribution < -0.4 is 15.5 Å². The van der Waals surface area contributed by atoms with Crippen molar-refractivity contribution in [1.82, 2.24) is 15.5 Å². The number of anilines is 1. The molecule has 2 amide bonds. The van der Waals surface area contributed by atoms with Crippen LogP contribution in [0.5, 0.6) is 0 Å². The number of hydrogen-bond acceptors (Lipinski definition) is 4. The summed E-state index contributed by atoms with van der Waals surface area (Å²) in [7, 11) is 0. The van der Waals surface area contributed by atoms with Gasteiger partial charge in [-0.1, -0.05) is 25.1 Å². The summed E-state index contributed by atoms with van der Waals surface area (Å²) in [5.74, 6) is 0. The average molecular weight is 348 g/mol. The maximum Gasteiger partial charge on any atom is 0.315 e. The van der Waals surface area contributed by atoms with E-state index in [4.69, 9.17) is 5.11 Å². The lowest BCUT2D eigenvalue weighted by atomic mass is 10.1. The van der Waals surface area contributed by atoms with E-state index in [9.17, 15) is 4.79 Å². The Bertz CT molecular complexity index is 503. The van der Waals surface area contributed by atoms with Crippen molar-refractivity contribution >= 4 is 11.7 Å². The van der Waals surface area contributed by atoms with Gasteiger partial charge in [0.25, 0.3) is 0 Å². The van der Waals surface area contributed by atoms with Gasteiger partial charge in [-0.2, -0.15) is 0 Å². The van der Waals surface area contributed by atoms with Crippen LogP contribution in [0.15, 0.2) is 30.3 Å². The first kappa shape index (κ1) is 19.5. The zero-order valence-electron chi connectivity index (χ0n) is 15.4. The van der Waals surface area contributed by atoms with E-state index in [2.05, 4.69) is 51.6 Å². The predicted octanol–water partition coefficient (Wildman–Crippen LogP) is 1.66. The monoisotopic (exact) mass is 348 g/mol. The van der Waals surface area contributed by atoms with Gasteiger partial charge in [-0.15, -0.1) is 0 Å². The minimum atomic E-state index is -0.143. The molecule has 6 nitrogen and oxygen atoms in total. The van der Waals surface area contributed by atoms with E-state index in [-0.39, 0.29) is 18.7 Å². The number of benzene rings is 1. The Morgan fingerprint density at radius 3 is 2.48 bits per heavy atom. The number of rotatable bonds is 8. The molecule has 0 radical (unpaired) electrons. The van der Waals surface area contributed by atoms with Crippen molar-refractivity contribution in [3.8, 4) is 0 Å². The predicted molar refractivity (Wildman–Crippen MR) is 102 cm³/mol. The number of aliphatic hydroxyl groups excluding tert-OH is 1. The van der Waals surface area contributed by atoms with Gasteiger partial charge in [-0.25, -0.2) is 4.79 Å². The van der Waals surface area contributed by atoms with Crippen LogP contribution in [0, 0.1) is 0 Å². The number of nitrogens with one attached hydrogen (secondary N) is 2. The van der Waals surface area contributed by atoms with Gasteiger partial charge in [-0.3, -0.25) is 4.90 Å². The molecule has 2 unspecified atom stereocenters. The summed E-state index contributed by atoms with van der Waals surface area (Å²) in [5.41, 5.74) is 1.28. The molecule has 0 spiro atoms. The highest BCUT2D eigenvalue weighted by Crippen LogP contribution is 2.16. The molecule has 1 fully saturated rings. The molecule has 1 aromatic rings. The molecule has 0 aliphatic carbocycles. The molecule has 140 valence electrons. The molecule has 6 heteroatoms. The second kappa shape index (κ2) is 10.3. The highest BCUT2D eigenvalue weighted by molar-refractivity contribution is 5.74. The van der Waals surface area contributed by atoms with Gasteiger partial charge in [0, 0.05) is 57.1 Å². The fourth-order valence-corrected chi connectivity index (χ4v) is 3.20. The minimum Gasteiger partial charge on any atom is -0.396 e. The first-order valence-corrected chi connectivity index (χ1v) is 9.33. The van der Waals surface area contributed by atoms with E-state index in [1.165, 1.54) is 5.69 Å². The maximum absolute atomic E-state index is 12.0. The maximum atomic E-state index is 12.0. The zero-order chi connectivity index (χ0) is 18.1. The van der Waals surface area contributed by atoms with Crippen LogP contribution in [-0.2, 0) is 0 Å². The lowest BCUT2D eigenvalue weighted by Gasteiger charge is -2.39. The molecule has 2 atom stereocenters. The molecular weight excluding hydrogens is 316 g/mol. The Morgan fingerprint density at radius 2 is 1.88 bits per heavy atom. The summed E-state index contributed by atoms with van der Waals surface area (Å²) in [5, 5.41) is 14.9. The van der Waals surface area contributed by atoms with Crippen molar-refractivity contribution in [2.75, 3.05) is 44.2 Å². The van der Waals surface area contributed by atoms with E-state index in [1.807, 2.05) is 13.0 Å². The van der Waals surface area contributed by atoms with E-state index in [1.54, 1.807) is 0 Å². The SMILES string of the molecule is CCC(CCO)NC(=O)NCC(C)N1CCN(c2ccccc2)CC1. The number of piperazine rings is 1. The third-order valence-corrected chi connectivity index (χ3v) is 4.92. The topological polar surface area (TPSA) is 67.8 Å². The quantitative estimate of drug-likeness (QED) is 0.668. The van der Waals surface area contributed by atoms with Gasteiger partial charge in [0.15, 0.2) is 0 Å². The largest absolute Gasteiger partial charge is 0.396 e. The first-order valence-electron chi connectivity index (χ1n) is 9.33. The van der Waals surface area contributed by atoms with Crippen LogP contribution in [0.2, 0.25) is 0 Å². The van der Waals surface area contributed by atoms with Crippen LogP contribution in [0.25, 0.3) is 0 Å². The van der Waals surface area contributed by atoms with Crippen LogP contribution in [0.4, 0.5) is 10.5 Å². The summed E-state index contributed by atoms with van der Waals surface area (Å²) in [6, 6.07) is 10.7. The van der Waals surface area contributed by atoms with Crippen LogP contribution in [-0.4, -0.2) is 67.5 Å². The van der Waals surface area contributed by atoms with E-state index < -0.39 is 0 Å². The van der Waals surface area contributed by atoms with E-state index in [0.29, 0.717) is 19.0 Å². The van der Waals surface area contributed by atoms with Crippen molar-refractivity contribution < 1.29 is 9.90 Å². The third kappa shape index (κ3) is 6.21. The van der Waals surface area contributed by atoms with E-state index in [0.717, 1.165) is 32.6 Å². The van der Waals surface area contributed by atoms with Crippen LogP contribution in [0.3, 0.4) is 0 Å². The number of carbonyl (C=O) groups is 1. The molecule has 1 aromatic carbocycles. The van der Waals surface area contributed by atoms with Gasteiger partial charge >= 0.3 is 6.03 Å². The number of para-hydroxylation sites is 1.